The molecule has 1 aliphatic rings. The summed E-state index contributed by atoms with van der Waals surface area (Å²) in [6.45, 7) is 1.19. The van der Waals surface area contributed by atoms with E-state index in [1.165, 1.54) is 6.26 Å². The van der Waals surface area contributed by atoms with E-state index in [4.69, 9.17) is 0 Å². The van der Waals surface area contributed by atoms with Crippen molar-refractivity contribution in [3.05, 3.63) is 30.1 Å². The van der Waals surface area contributed by atoms with Crippen LogP contribution in [0.2, 0.25) is 0 Å². The Balaban J connectivity index is 1.89. The Morgan fingerprint density at radius 2 is 2.32 bits per heavy atom. The van der Waals surface area contributed by atoms with Gasteiger partial charge < -0.3 is 4.98 Å². The van der Waals surface area contributed by atoms with Crippen LogP contribution in [0.5, 0.6) is 0 Å². The van der Waals surface area contributed by atoms with E-state index in [1.807, 2.05) is 12.1 Å². The van der Waals surface area contributed by atoms with Crippen LogP contribution in [0.1, 0.15) is 24.5 Å². The first-order valence-electron chi connectivity index (χ1n) is 6.43. The Morgan fingerprint density at radius 3 is 3.05 bits per heavy atom. The standard InChI is InChI=1S/C13H17N3O2S/c1-19(17,18)16-7-3-5-11(9-16)12-8-10-4-2-6-14-13(10)15-12/h2,4,6,8,11H,3,5,7,9H2,1H3,(H,14,15). The minimum absolute atomic E-state index is 0.234. The highest BCUT2D eigenvalue weighted by Gasteiger charge is 2.27. The van der Waals surface area contributed by atoms with Gasteiger partial charge in [-0.1, -0.05) is 0 Å². The second-order valence-electron chi connectivity index (χ2n) is 5.13. The second kappa shape index (κ2) is 4.61. The van der Waals surface area contributed by atoms with Gasteiger partial charge in [-0.2, -0.15) is 0 Å². The van der Waals surface area contributed by atoms with E-state index in [0.29, 0.717) is 13.1 Å². The van der Waals surface area contributed by atoms with E-state index >= 15 is 0 Å². The molecular formula is C13H17N3O2S. The van der Waals surface area contributed by atoms with Gasteiger partial charge in [0.15, 0.2) is 0 Å². The van der Waals surface area contributed by atoms with Gasteiger partial charge in [0.1, 0.15) is 5.65 Å². The highest BCUT2D eigenvalue weighted by molar-refractivity contribution is 7.88. The molecule has 0 amide bonds. The fraction of sp³-hybridized carbons (Fsp3) is 0.462. The molecule has 3 rings (SSSR count). The first-order chi connectivity index (χ1) is 9.04. The van der Waals surface area contributed by atoms with Crippen LogP contribution in [0.25, 0.3) is 11.0 Å². The fourth-order valence-corrected chi connectivity index (χ4v) is 3.61. The average Bonchev–Trinajstić information content (AvgIpc) is 2.81. The van der Waals surface area contributed by atoms with E-state index in [2.05, 4.69) is 16.0 Å². The predicted molar refractivity (Wildman–Crippen MR) is 74.5 cm³/mol. The van der Waals surface area contributed by atoms with Gasteiger partial charge in [-0.15, -0.1) is 0 Å². The maximum atomic E-state index is 11.6. The highest BCUT2D eigenvalue weighted by atomic mass is 32.2. The molecule has 0 saturated carbocycles. The topological polar surface area (TPSA) is 66.1 Å². The molecule has 0 radical (unpaired) electrons. The van der Waals surface area contributed by atoms with Crippen molar-refractivity contribution in [1.29, 1.82) is 0 Å². The zero-order valence-corrected chi connectivity index (χ0v) is 11.7. The third-order valence-electron chi connectivity index (χ3n) is 3.71. The molecule has 0 aromatic carbocycles. The summed E-state index contributed by atoms with van der Waals surface area (Å²) in [6, 6.07) is 6.00. The van der Waals surface area contributed by atoms with Gasteiger partial charge in [0, 0.05) is 36.3 Å². The molecule has 1 aliphatic heterocycles. The molecule has 2 aromatic heterocycles. The molecule has 102 valence electrons. The monoisotopic (exact) mass is 279 g/mol. The molecular weight excluding hydrogens is 262 g/mol. The summed E-state index contributed by atoms with van der Waals surface area (Å²) < 4.78 is 24.8. The minimum Gasteiger partial charge on any atom is -0.343 e. The van der Waals surface area contributed by atoms with Crippen LogP contribution in [0.3, 0.4) is 0 Å². The number of H-pyrrole nitrogens is 1. The van der Waals surface area contributed by atoms with Crippen LogP contribution in [-0.4, -0.2) is 42.0 Å². The molecule has 6 heteroatoms. The van der Waals surface area contributed by atoms with Crippen molar-refractivity contribution in [1.82, 2.24) is 14.3 Å². The number of fused-ring (bicyclic) bond motifs is 1. The summed E-state index contributed by atoms with van der Waals surface area (Å²) in [7, 11) is -3.09. The molecule has 1 N–H and O–H groups in total. The van der Waals surface area contributed by atoms with Crippen LogP contribution in [-0.2, 0) is 10.0 Å². The summed E-state index contributed by atoms with van der Waals surface area (Å²) in [4.78, 5) is 7.58. The maximum absolute atomic E-state index is 11.6. The van der Waals surface area contributed by atoms with Crippen molar-refractivity contribution < 1.29 is 8.42 Å². The van der Waals surface area contributed by atoms with Crippen molar-refractivity contribution in [2.75, 3.05) is 19.3 Å². The third-order valence-corrected chi connectivity index (χ3v) is 4.98. The molecule has 0 spiro atoms. The molecule has 1 saturated heterocycles. The van der Waals surface area contributed by atoms with Crippen LogP contribution >= 0.6 is 0 Å². The maximum Gasteiger partial charge on any atom is 0.211 e. The van der Waals surface area contributed by atoms with E-state index < -0.39 is 10.0 Å². The molecule has 0 aliphatic carbocycles. The first kappa shape index (κ1) is 12.6. The molecule has 1 unspecified atom stereocenters. The molecule has 1 atom stereocenters. The summed E-state index contributed by atoms with van der Waals surface area (Å²) in [5.41, 5.74) is 1.95. The quantitative estimate of drug-likeness (QED) is 0.910. The van der Waals surface area contributed by atoms with Crippen molar-refractivity contribution >= 4 is 21.1 Å². The van der Waals surface area contributed by atoms with Gasteiger partial charge in [0.05, 0.1) is 6.26 Å². The smallest absolute Gasteiger partial charge is 0.211 e. The Kier molecular flexibility index (Phi) is 3.06. The Hall–Kier alpha value is -1.40. The number of aromatic nitrogens is 2. The Labute approximate surface area is 112 Å². The molecule has 2 aromatic rings. The number of hydrogen-bond acceptors (Lipinski definition) is 3. The highest BCUT2D eigenvalue weighted by Crippen LogP contribution is 2.29. The van der Waals surface area contributed by atoms with Gasteiger partial charge in [-0.3, -0.25) is 0 Å². The SMILES string of the molecule is CS(=O)(=O)N1CCCC(c2cc3cccnc3[nH]2)C1. The number of nitrogens with one attached hydrogen (secondary N) is 1. The lowest BCUT2D eigenvalue weighted by atomic mass is 9.96. The van der Waals surface area contributed by atoms with Crippen LogP contribution < -0.4 is 0 Å². The lowest BCUT2D eigenvalue weighted by Crippen LogP contribution is -2.38. The van der Waals surface area contributed by atoms with Crippen LogP contribution in [0, 0.1) is 0 Å². The number of aromatic amines is 1. The van der Waals surface area contributed by atoms with Crippen molar-refractivity contribution in [3.63, 3.8) is 0 Å². The molecule has 5 nitrogen and oxygen atoms in total. The van der Waals surface area contributed by atoms with E-state index in [0.717, 1.165) is 29.6 Å². The Morgan fingerprint density at radius 1 is 1.47 bits per heavy atom. The number of sulfonamides is 1. The normalized spacial score (nSPS) is 21.8. The largest absolute Gasteiger partial charge is 0.343 e. The summed E-state index contributed by atoms with van der Waals surface area (Å²) >= 11 is 0. The molecule has 3 heterocycles. The Bertz CT molecular complexity index is 660. The summed E-state index contributed by atoms with van der Waals surface area (Å²) in [5, 5.41) is 1.08. The van der Waals surface area contributed by atoms with E-state index in [-0.39, 0.29) is 5.92 Å². The third kappa shape index (κ3) is 2.50. The van der Waals surface area contributed by atoms with Crippen molar-refractivity contribution in [2.45, 2.75) is 18.8 Å². The van der Waals surface area contributed by atoms with Crippen molar-refractivity contribution in [2.24, 2.45) is 0 Å². The first-order valence-corrected chi connectivity index (χ1v) is 8.27. The second-order valence-corrected chi connectivity index (χ2v) is 7.11. The number of pyridine rings is 1. The molecule has 1 fully saturated rings. The average molecular weight is 279 g/mol. The minimum atomic E-state index is -3.09. The van der Waals surface area contributed by atoms with Gasteiger partial charge in [-0.05, 0) is 31.0 Å². The van der Waals surface area contributed by atoms with Crippen LogP contribution in [0.15, 0.2) is 24.4 Å². The zero-order valence-electron chi connectivity index (χ0n) is 10.8. The predicted octanol–water partition coefficient (Wildman–Crippen LogP) is 1.70. The van der Waals surface area contributed by atoms with Crippen molar-refractivity contribution in [3.8, 4) is 0 Å². The lowest BCUT2D eigenvalue weighted by molar-refractivity contribution is 0.315. The molecule has 19 heavy (non-hydrogen) atoms. The zero-order chi connectivity index (χ0) is 13.5. The van der Waals surface area contributed by atoms with Gasteiger partial charge in [-0.25, -0.2) is 17.7 Å². The number of piperidine rings is 1. The number of hydrogen-bond donors (Lipinski definition) is 1. The van der Waals surface area contributed by atoms with E-state index in [9.17, 15) is 8.42 Å². The molecule has 0 bridgehead atoms. The van der Waals surface area contributed by atoms with Gasteiger partial charge in [0.25, 0.3) is 0 Å². The van der Waals surface area contributed by atoms with E-state index in [1.54, 1.807) is 10.5 Å². The van der Waals surface area contributed by atoms with Gasteiger partial charge in [0.2, 0.25) is 10.0 Å². The number of rotatable bonds is 2. The summed E-state index contributed by atoms with van der Waals surface area (Å²) in [6.07, 6.45) is 4.95. The summed E-state index contributed by atoms with van der Waals surface area (Å²) in [5.74, 6) is 0.234. The fourth-order valence-electron chi connectivity index (χ4n) is 2.70. The number of nitrogens with zero attached hydrogens (tertiary/aromatic N) is 2. The van der Waals surface area contributed by atoms with Crippen LogP contribution in [0.4, 0.5) is 0 Å². The van der Waals surface area contributed by atoms with Gasteiger partial charge >= 0.3 is 0 Å². The lowest BCUT2D eigenvalue weighted by Gasteiger charge is -2.30.